The molecule has 2 rings (SSSR count). The van der Waals surface area contributed by atoms with Crippen LogP contribution < -0.4 is 0 Å². The van der Waals surface area contributed by atoms with E-state index in [1.807, 2.05) is 11.6 Å². The summed E-state index contributed by atoms with van der Waals surface area (Å²) in [6.07, 6.45) is 4.07. The second-order valence-corrected chi connectivity index (χ2v) is 5.47. The molecular formula is C13H14BrNS. The standard InChI is InChI=1S/C13H14BrNS/c14-10-12(9-13-15-6-7-16-13)8-11-4-2-1-3-5-11/h1-7,12H,8-10H2. The summed E-state index contributed by atoms with van der Waals surface area (Å²) < 4.78 is 0. The average Bonchev–Trinajstić information content (AvgIpc) is 2.82. The molecule has 0 aliphatic heterocycles. The molecule has 0 aliphatic carbocycles. The summed E-state index contributed by atoms with van der Waals surface area (Å²) in [6, 6.07) is 10.6. The van der Waals surface area contributed by atoms with Crippen LogP contribution in [0.5, 0.6) is 0 Å². The Labute approximate surface area is 109 Å². The monoisotopic (exact) mass is 295 g/mol. The number of benzene rings is 1. The number of thiazole rings is 1. The van der Waals surface area contributed by atoms with Gasteiger partial charge >= 0.3 is 0 Å². The van der Waals surface area contributed by atoms with Gasteiger partial charge in [-0.1, -0.05) is 46.3 Å². The van der Waals surface area contributed by atoms with Gasteiger partial charge in [0.05, 0.1) is 5.01 Å². The molecule has 84 valence electrons. The van der Waals surface area contributed by atoms with E-state index in [9.17, 15) is 0 Å². The summed E-state index contributed by atoms with van der Waals surface area (Å²) in [6.45, 7) is 0. The van der Waals surface area contributed by atoms with Gasteiger partial charge in [0.25, 0.3) is 0 Å². The summed E-state index contributed by atoms with van der Waals surface area (Å²) in [7, 11) is 0. The minimum atomic E-state index is 0.633. The Morgan fingerprint density at radius 3 is 2.62 bits per heavy atom. The van der Waals surface area contributed by atoms with Crippen molar-refractivity contribution in [2.75, 3.05) is 5.33 Å². The first-order valence-corrected chi connectivity index (χ1v) is 7.37. The van der Waals surface area contributed by atoms with Crippen LogP contribution in [0.3, 0.4) is 0 Å². The first-order valence-electron chi connectivity index (χ1n) is 5.36. The fourth-order valence-electron chi connectivity index (χ4n) is 1.73. The van der Waals surface area contributed by atoms with Gasteiger partial charge in [0.15, 0.2) is 0 Å². The Morgan fingerprint density at radius 2 is 2.00 bits per heavy atom. The molecule has 1 nitrogen and oxygen atoms in total. The molecule has 1 heterocycles. The van der Waals surface area contributed by atoms with Crippen LogP contribution >= 0.6 is 27.3 Å². The third kappa shape index (κ3) is 3.42. The second-order valence-electron chi connectivity index (χ2n) is 3.84. The van der Waals surface area contributed by atoms with Crippen LogP contribution in [0, 0.1) is 5.92 Å². The lowest BCUT2D eigenvalue weighted by atomic mass is 9.98. The van der Waals surface area contributed by atoms with Gasteiger partial charge in [-0.25, -0.2) is 4.98 Å². The van der Waals surface area contributed by atoms with Gasteiger partial charge in [-0.3, -0.25) is 0 Å². The lowest BCUT2D eigenvalue weighted by Gasteiger charge is -2.12. The van der Waals surface area contributed by atoms with Crippen LogP contribution in [0.2, 0.25) is 0 Å². The SMILES string of the molecule is BrCC(Cc1ccccc1)Cc1nccs1. The second kappa shape index (κ2) is 6.16. The van der Waals surface area contributed by atoms with Crippen molar-refractivity contribution >= 4 is 27.3 Å². The van der Waals surface area contributed by atoms with E-state index < -0.39 is 0 Å². The van der Waals surface area contributed by atoms with E-state index >= 15 is 0 Å². The molecular weight excluding hydrogens is 282 g/mol. The Kier molecular flexibility index (Phi) is 4.55. The van der Waals surface area contributed by atoms with E-state index in [1.54, 1.807) is 11.3 Å². The summed E-state index contributed by atoms with van der Waals surface area (Å²) in [5, 5.41) is 4.31. The summed E-state index contributed by atoms with van der Waals surface area (Å²) in [4.78, 5) is 4.34. The van der Waals surface area contributed by atoms with Gasteiger partial charge in [0.2, 0.25) is 0 Å². The van der Waals surface area contributed by atoms with Crippen LogP contribution in [-0.2, 0) is 12.8 Å². The number of aromatic nitrogens is 1. The molecule has 1 atom stereocenters. The van der Waals surface area contributed by atoms with Crippen molar-refractivity contribution in [1.29, 1.82) is 0 Å². The van der Waals surface area contributed by atoms with E-state index in [4.69, 9.17) is 0 Å². The molecule has 16 heavy (non-hydrogen) atoms. The topological polar surface area (TPSA) is 12.9 Å². The maximum absolute atomic E-state index is 4.34. The van der Waals surface area contributed by atoms with Crippen molar-refractivity contribution < 1.29 is 0 Å². The zero-order chi connectivity index (χ0) is 11.2. The van der Waals surface area contributed by atoms with Gasteiger partial charge in [-0.15, -0.1) is 11.3 Å². The summed E-state index contributed by atoms with van der Waals surface area (Å²) in [5.74, 6) is 0.633. The molecule has 0 aliphatic rings. The summed E-state index contributed by atoms with van der Waals surface area (Å²) >= 11 is 5.34. The van der Waals surface area contributed by atoms with Crippen molar-refractivity contribution in [2.45, 2.75) is 12.8 Å². The quantitative estimate of drug-likeness (QED) is 0.762. The molecule has 1 aromatic heterocycles. The maximum Gasteiger partial charge on any atom is 0.0927 e. The Balaban J connectivity index is 1.96. The lowest BCUT2D eigenvalue weighted by molar-refractivity contribution is 0.589. The number of alkyl halides is 1. The Bertz CT molecular complexity index is 399. The smallest absolute Gasteiger partial charge is 0.0927 e. The molecule has 0 fully saturated rings. The molecule has 3 heteroatoms. The lowest BCUT2D eigenvalue weighted by Crippen LogP contribution is -2.09. The number of halogens is 1. The van der Waals surface area contributed by atoms with Gasteiger partial charge in [-0.05, 0) is 17.9 Å². The third-order valence-corrected chi connectivity index (χ3v) is 4.25. The zero-order valence-corrected chi connectivity index (χ0v) is 11.4. The number of hydrogen-bond acceptors (Lipinski definition) is 2. The molecule has 0 amide bonds. The average molecular weight is 296 g/mol. The molecule has 0 spiro atoms. The summed E-state index contributed by atoms with van der Waals surface area (Å²) in [5.41, 5.74) is 1.41. The minimum Gasteiger partial charge on any atom is -0.250 e. The highest BCUT2D eigenvalue weighted by atomic mass is 79.9. The predicted octanol–water partition coefficient (Wildman–Crippen LogP) is 3.94. The van der Waals surface area contributed by atoms with Crippen LogP contribution in [-0.4, -0.2) is 10.3 Å². The molecule has 0 saturated carbocycles. The van der Waals surface area contributed by atoms with Crippen molar-refractivity contribution in [3.8, 4) is 0 Å². The predicted molar refractivity (Wildman–Crippen MR) is 73.2 cm³/mol. The van der Waals surface area contributed by atoms with Gasteiger partial charge in [0, 0.05) is 23.3 Å². The van der Waals surface area contributed by atoms with E-state index in [-0.39, 0.29) is 0 Å². The van der Waals surface area contributed by atoms with Crippen molar-refractivity contribution in [2.24, 2.45) is 5.92 Å². The van der Waals surface area contributed by atoms with E-state index in [0.29, 0.717) is 5.92 Å². The van der Waals surface area contributed by atoms with E-state index in [0.717, 1.165) is 18.2 Å². The zero-order valence-electron chi connectivity index (χ0n) is 8.97. The molecule has 2 aromatic rings. The molecule has 0 bridgehead atoms. The van der Waals surface area contributed by atoms with E-state index in [1.165, 1.54) is 10.6 Å². The Hall–Kier alpha value is -0.670. The molecule has 1 unspecified atom stereocenters. The largest absolute Gasteiger partial charge is 0.250 e. The highest BCUT2D eigenvalue weighted by Crippen LogP contribution is 2.18. The van der Waals surface area contributed by atoms with Crippen molar-refractivity contribution in [3.63, 3.8) is 0 Å². The van der Waals surface area contributed by atoms with Crippen molar-refractivity contribution in [3.05, 3.63) is 52.5 Å². The van der Waals surface area contributed by atoms with E-state index in [2.05, 4.69) is 51.2 Å². The first-order chi connectivity index (χ1) is 7.88. The maximum atomic E-state index is 4.34. The first kappa shape index (κ1) is 11.8. The fourth-order valence-corrected chi connectivity index (χ4v) is 2.92. The van der Waals surface area contributed by atoms with Crippen LogP contribution in [0.1, 0.15) is 10.6 Å². The van der Waals surface area contributed by atoms with Crippen LogP contribution in [0.25, 0.3) is 0 Å². The molecule has 0 N–H and O–H groups in total. The minimum absolute atomic E-state index is 0.633. The van der Waals surface area contributed by atoms with Gasteiger partial charge in [-0.2, -0.15) is 0 Å². The van der Waals surface area contributed by atoms with Crippen LogP contribution in [0.15, 0.2) is 41.9 Å². The van der Waals surface area contributed by atoms with Crippen LogP contribution in [0.4, 0.5) is 0 Å². The molecule has 1 aromatic carbocycles. The number of nitrogens with zero attached hydrogens (tertiary/aromatic N) is 1. The highest BCUT2D eigenvalue weighted by Gasteiger charge is 2.10. The third-order valence-electron chi connectivity index (χ3n) is 2.53. The Morgan fingerprint density at radius 1 is 1.19 bits per heavy atom. The fraction of sp³-hybridized carbons (Fsp3) is 0.308. The highest BCUT2D eigenvalue weighted by molar-refractivity contribution is 9.09. The van der Waals surface area contributed by atoms with Gasteiger partial charge < -0.3 is 0 Å². The molecule has 0 radical (unpaired) electrons. The van der Waals surface area contributed by atoms with Crippen molar-refractivity contribution in [1.82, 2.24) is 4.98 Å². The number of rotatable bonds is 5. The molecule has 0 saturated heterocycles. The normalized spacial score (nSPS) is 12.6. The van der Waals surface area contributed by atoms with Gasteiger partial charge in [0.1, 0.15) is 0 Å². The number of hydrogen-bond donors (Lipinski definition) is 0.